The van der Waals surface area contributed by atoms with E-state index < -0.39 is 11.9 Å². The SMILES string of the molecule is C=CCNC(=O)COc1ccc([C@H](C)O)cc1F. The second-order valence-electron chi connectivity index (χ2n) is 3.75. The van der Waals surface area contributed by atoms with Gasteiger partial charge in [0.15, 0.2) is 18.2 Å². The van der Waals surface area contributed by atoms with Crippen LogP contribution in [0.1, 0.15) is 18.6 Å². The Morgan fingerprint density at radius 2 is 2.39 bits per heavy atom. The maximum Gasteiger partial charge on any atom is 0.258 e. The number of aliphatic hydroxyl groups is 1. The lowest BCUT2D eigenvalue weighted by molar-refractivity contribution is -0.122. The lowest BCUT2D eigenvalue weighted by atomic mass is 10.1. The van der Waals surface area contributed by atoms with Crippen LogP contribution in [-0.2, 0) is 4.79 Å². The van der Waals surface area contributed by atoms with Crippen LogP contribution in [0.15, 0.2) is 30.9 Å². The highest BCUT2D eigenvalue weighted by molar-refractivity contribution is 5.77. The van der Waals surface area contributed by atoms with Crippen molar-refractivity contribution in [1.82, 2.24) is 5.32 Å². The smallest absolute Gasteiger partial charge is 0.258 e. The second-order valence-corrected chi connectivity index (χ2v) is 3.75. The van der Waals surface area contributed by atoms with Crippen LogP contribution in [0.3, 0.4) is 0 Å². The highest BCUT2D eigenvalue weighted by Gasteiger charge is 2.09. The fourth-order valence-electron chi connectivity index (χ4n) is 1.27. The molecule has 1 aromatic rings. The first-order chi connectivity index (χ1) is 8.54. The quantitative estimate of drug-likeness (QED) is 0.756. The Labute approximate surface area is 105 Å². The molecule has 0 saturated carbocycles. The number of ether oxygens (including phenoxy) is 1. The van der Waals surface area contributed by atoms with Crippen LogP contribution in [0.25, 0.3) is 0 Å². The molecule has 0 heterocycles. The number of hydrogen-bond acceptors (Lipinski definition) is 3. The van der Waals surface area contributed by atoms with Crippen molar-refractivity contribution in [1.29, 1.82) is 0 Å². The molecule has 0 fully saturated rings. The monoisotopic (exact) mass is 253 g/mol. The fraction of sp³-hybridized carbons (Fsp3) is 0.308. The molecule has 5 heteroatoms. The van der Waals surface area contributed by atoms with Crippen molar-refractivity contribution in [2.24, 2.45) is 0 Å². The number of carbonyl (C=O) groups is 1. The third kappa shape index (κ3) is 4.18. The summed E-state index contributed by atoms with van der Waals surface area (Å²) in [5, 5.41) is 11.8. The molecule has 0 unspecified atom stereocenters. The number of aliphatic hydroxyl groups excluding tert-OH is 1. The van der Waals surface area contributed by atoms with Crippen LogP contribution in [-0.4, -0.2) is 24.2 Å². The summed E-state index contributed by atoms with van der Waals surface area (Å²) in [7, 11) is 0. The van der Waals surface area contributed by atoms with Gasteiger partial charge in [0.2, 0.25) is 0 Å². The van der Waals surface area contributed by atoms with Gasteiger partial charge in [-0.1, -0.05) is 12.1 Å². The molecule has 0 saturated heterocycles. The first-order valence-corrected chi connectivity index (χ1v) is 5.52. The van der Waals surface area contributed by atoms with Crippen molar-refractivity contribution in [2.45, 2.75) is 13.0 Å². The summed E-state index contributed by atoms with van der Waals surface area (Å²) < 4.78 is 18.6. The molecule has 0 bridgehead atoms. The summed E-state index contributed by atoms with van der Waals surface area (Å²) in [5.41, 5.74) is 0.455. The summed E-state index contributed by atoms with van der Waals surface area (Å²) in [6.07, 6.45) is 0.792. The van der Waals surface area contributed by atoms with Crippen LogP contribution < -0.4 is 10.1 Å². The van der Waals surface area contributed by atoms with E-state index in [4.69, 9.17) is 4.74 Å². The van der Waals surface area contributed by atoms with Crippen LogP contribution in [0.4, 0.5) is 4.39 Å². The second kappa shape index (κ2) is 6.76. The van der Waals surface area contributed by atoms with Gasteiger partial charge in [0.1, 0.15) is 0 Å². The molecular formula is C13H16FNO3. The van der Waals surface area contributed by atoms with Crippen molar-refractivity contribution in [3.63, 3.8) is 0 Å². The topological polar surface area (TPSA) is 58.6 Å². The molecule has 1 aromatic carbocycles. The number of hydrogen-bond donors (Lipinski definition) is 2. The largest absolute Gasteiger partial charge is 0.481 e. The Balaban J connectivity index is 2.57. The van der Waals surface area contributed by atoms with E-state index in [1.165, 1.54) is 25.1 Å². The lowest BCUT2D eigenvalue weighted by Crippen LogP contribution is -2.28. The predicted octanol–water partition coefficient (Wildman–Crippen LogP) is 1.56. The maximum atomic E-state index is 13.5. The highest BCUT2D eigenvalue weighted by atomic mass is 19.1. The van der Waals surface area contributed by atoms with E-state index in [-0.39, 0.29) is 18.3 Å². The molecule has 1 atom stereocenters. The molecule has 2 N–H and O–H groups in total. The zero-order chi connectivity index (χ0) is 13.5. The summed E-state index contributed by atoms with van der Waals surface area (Å²) in [4.78, 5) is 11.2. The summed E-state index contributed by atoms with van der Waals surface area (Å²) in [5.74, 6) is -0.980. The molecule has 0 aliphatic rings. The van der Waals surface area contributed by atoms with Gasteiger partial charge in [-0.25, -0.2) is 4.39 Å². The average molecular weight is 253 g/mol. The molecule has 98 valence electrons. The Bertz CT molecular complexity index is 432. The number of halogens is 1. The van der Waals surface area contributed by atoms with Crippen molar-refractivity contribution in [2.75, 3.05) is 13.2 Å². The molecule has 0 aromatic heterocycles. The van der Waals surface area contributed by atoms with Gasteiger partial charge in [0, 0.05) is 6.54 Å². The predicted molar refractivity (Wildman–Crippen MR) is 65.7 cm³/mol. The Morgan fingerprint density at radius 3 is 2.94 bits per heavy atom. The van der Waals surface area contributed by atoms with Gasteiger partial charge in [-0.05, 0) is 24.6 Å². The van der Waals surface area contributed by atoms with Gasteiger partial charge in [0.05, 0.1) is 6.10 Å². The minimum atomic E-state index is -0.746. The van der Waals surface area contributed by atoms with Crippen molar-refractivity contribution >= 4 is 5.91 Å². The standard InChI is InChI=1S/C13H16FNO3/c1-3-6-15-13(17)8-18-12-5-4-10(9(2)16)7-11(12)14/h3-5,7,9,16H,1,6,8H2,2H3,(H,15,17)/t9-/m0/s1. The van der Waals surface area contributed by atoms with Gasteiger partial charge in [-0.15, -0.1) is 6.58 Å². The molecule has 0 aliphatic carbocycles. The highest BCUT2D eigenvalue weighted by Crippen LogP contribution is 2.21. The van der Waals surface area contributed by atoms with E-state index in [1.807, 2.05) is 0 Å². The van der Waals surface area contributed by atoms with Gasteiger partial charge in [0.25, 0.3) is 5.91 Å². The Hall–Kier alpha value is -1.88. The van der Waals surface area contributed by atoms with Crippen molar-refractivity contribution < 1.29 is 19.0 Å². The van der Waals surface area contributed by atoms with Gasteiger partial charge in [-0.2, -0.15) is 0 Å². The Morgan fingerprint density at radius 1 is 1.67 bits per heavy atom. The van der Waals surface area contributed by atoms with E-state index in [9.17, 15) is 14.3 Å². The van der Waals surface area contributed by atoms with E-state index in [2.05, 4.69) is 11.9 Å². The molecule has 0 radical (unpaired) electrons. The zero-order valence-corrected chi connectivity index (χ0v) is 10.1. The summed E-state index contributed by atoms with van der Waals surface area (Å²) in [6, 6.07) is 4.12. The molecule has 18 heavy (non-hydrogen) atoms. The Kier molecular flexibility index (Phi) is 5.32. The fourth-order valence-corrected chi connectivity index (χ4v) is 1.27. The first-order valence-electron chi connectivity index (χ1n) is 5.52. The molecule has 1 rings (SSSR count). The molecule has 0 aliphatic heterocycles. The molecule has 4 nitrogen and oxygen atoms in total. The van der Waals surface area contributed by atoms with Gasteiger partial charge in [-0.3, -0.25) is 4.79 Å². The van der Waals surface area contributed by atoms with E-state index in [0.29, 0.717) is 12.1 Å². The third-order valence-corrected chi connectivity index (χ3v) is 2.24. The number of amides is 1. The number of benzene rings is 1. The number of carbonyl (C=O) groups excluding carboxylic acids is 1. The van der Waals surface area contributed by atoms with Crippen LogP contribution in [0.2, 0.25) is 0 Å². The first kappa shape index (κ1) is 14.2. The van der Waals surface area contributed by atoms with Crippen LogP contribution >= 0.6 is 0 Å². The molecule has 0 spiro atoms. The summed E-state index contributed by atoms with van der Waals surface area (Å²) in [6.45, 7) is 5.07. The zero-order valence-electron chi connectivity index (χ0n) is 10.1. The number of nitrogens with one attached hydrogen (secondary N) is 1. The van der Waals surface area contributed by atoms with Crippen molar-refractivity contribution in [3.8, 4) is 5.75 Å². The minimum absolute atomic E-state index is 0.0202. The van der Waals surface area contributed by atoms with E-state index >= 15 is 0 Å². The lowest BCUT2D eigenvalue weighted by Gasteiger charge is -2.09. The van der Waals surface area contributed by atoms with Gasteiger partial charge >= 0.3 is 0 Å². The third-order valence-electron chi connectivity index (χ3n) is 2.24. The average Bonchev–Trinajstić information content (AvgIpc) is 2.34. The van der Waals surface area contributed by atoms with Crippen molar-refractivity contribution in [3.05, 3.63) is 42.2 Å². The summed E-state index contributed by atoms with van der Waals surface area (Å²) >= 11 is 0. The van der Waals surface area contributed by atoms with Crippen LogP contribution in [0.5, 0.6) is 5.75 Å². The van der Waals surface area contributed by atoms with Crippen LogP contribution in [0, 0.1) is 5.82 Å². The maximum absolute atomic E-state index is 13.5. The molecular weight excluding hydrogens is 237 g/mol. The minimum Gasteiger partial charge on any atom is -0.481 e. The van der Waals surface area contributed by atoms with E-state index in [0.717, 1.165) is 0 Å². The van der Waals surface area contributed by atoms with E-state index in [1.54, 1.807) is 6.07 Å². The normalized spacial score (nSPS) is 11.7. The molecule has 1 amide bonds. The number of rotatable bonds is 6. The van der Waals surface area contributed by atoms with Gasteiger partial charge < -0.3 is 15.2 Å².